The van der Waals surface area contributed by atoms with Crippen LogP contribution in [0, 0.1) is 22.7 Å². The summed E-state index contributed by atoms with van der Waals surface area (Å²) in [6, 6.07) is 0. The van der Waals surface area contributed by atoms with Gasteiger partial charge in [0.2, 0.25) is 0 Å². The van der Waals surface area contributed by atoms with E-state index in [2.05, 4.69) is 39.9 Å². The van der Waals surface area contributed by atoms with Crippen LogP contribution in [0.25, 0.3) is 0 Å². The first-order valence-corrected chi connectivity index (χ1v) is 16.1. The van der Waals surface area contributed by atoms with Gasteiger partial charge in [0.25, 0.3) is 0 Å². The maximum atomic E-state index is 12.8. The van der Waals surface area contributed by atoms with E-state index in [1.54, 1.807) is 0 Å². The van der Waals surface area contributed by atoms with Crippen LogP contribution in [0.5, 0.6) is 0 Å². The fraction of sp³-hybridized carbons (Fsp3) is 0.912. The number of amides is 1. The molecule has 0 saturated heterocycles. The second-order valence-electron chi connectivity index (χ2n) is 14.9. The van der Waals surface area contributed by atoms with E-state index < -0.39 is 22.7 Å². The number of hydrogen-bond donors (Lipinski definition) is 1. The van der Waals surface area contributed by atoms with Gasteiger partial charge in [0.15, 0.2) is 0 Å². The van der Waals surface area contributed by atoms with Crippen molar-refractivity contribution in [3.05, 3.63) is 0 Å². The molecule has 242 valence electrons. The minimum Gasteiger partial charge on any atom is -0.463 e. The topological polar surface area (TPSA) is 90.9 Å². The van der Waals surface area contributed by atoms with Crippen molar-refractivity contribution in [1.82, 2.24) is 5.32 Å². The van der Waals surface area contributed by atoms with Gasteiger partial charge in [0, 0.05) is 6.42 Å². The molecule has 0 aromatic heterocycles. The molecule has 0 bridgehead atoms. The minimum absolute atomic E-state index is 0.00210. The fourth-order valence-corrected chi connectivity index (χ4v) is 5.45. The van der Waals surface area contributed by atoms with Crippen LogP contribution < -0.4 is 5.32 Å². The van der Waals surface area contributed by atoms with E-state index in [0.29, 0.717) is 18.8 Å². The molecule has 0 aliphatic carbocycles. The zero-order valence-electron chi connectivity index (χ0n) is 28.8. The Labute approximate surface area is 252 Å². The lowest BCUT2D eigenvalue weighted by Crippen LogP contribution is -2.40. The Morgan fingerprint density at radius 1 is 0.805 bits per heavy atom. The average Bonchev–Trinajstić information content (AvgIpc) is 2.81. The quantitative estimate of drug-likeness (QED) is 0.0873. The van der Waals surface area contributed by atoms with Gasteiger partial charge in [-0.25, -0.2) is 4.79 Å². The number of esters is 2. The first-order chi connectivity index (χ1) is 18.8. The van der Waals surface area contributed by atoms with E-state index in [-0.39, 0.29) is 36.4 Å². The van der Waals surface area contributed by atoms with Crippen LogP contribution in [0.2, 0.25) is 0 Å². The van der Waals surface area contributed by atoms with Crippen LogP contribution in [-0.4, -0.2) is 42.4 Å². The van der Waals surface area contributed by atoms with Crippen molar-refractivity contribution in [2.75, 3.05) is 13.2 Å². The first-order valence-electron chi connectivity index (χ1n) is 16.1. The molecule has 0 aromatic rings. The Morgan fingerprint density at radius 2 is 1.44 bits per heavy atom. The number of ether oxygens (including phenoxy) is 3. The summed E-state index contributed by atoms with van der Waals surface area (Å²) in [7, 11) is 0. The molecule has 0 fully saturated rings. The first kappa shape index (κ1) is 39.2. The van der Waals surface area contributed by atoms with Crippen LogP contribution in [0.1, 0.15) is 154 Å². The Kier molecular flexibility index (Phi) is 17.2. The van der Waals surface area contributed by atoms with Gasteiger partial charge in [0.1, 0.15) is 17.8 Å². The van der Waals surface area contributed by atoms with E-state index in [1.807, 2.05) is 48.5 Å². The Bertz CT molecular complexity index is 783. The summed E-state index contributed by atoms with van der Waals surface area (Å²) in [5, 5.41) is 2.69. The van der Waals surface area contributed by atoms with Crippen LogP contribution in [-0.2, 0) is 23.8 Å². The molecule has 0 aliphatic rings. The molecule has 0 saturated carbocycles. The van der Waals surface area contributed by atoms with Gasteiger partial charge in [-0.3, -0.25) is 9.59 Å². The molecule has 0 heterocycles. The number of rotatable bonds is 20. The molecule has 2 atom stereocenters. The third kappa shape index (κ3) is 17.7. The highest BCUT2D eigenvalue weighted by atomic mass is 16.6. The molecular formula is C34H65NO6. The Balaban J connectivity index is 4.34. The molecule has 0 spiro atoms. The number of alkyl carbamates (subject to hydrolysis) is 1. The lowest BCUT2D eigenvalue weighted by atomic mass is 9.69. The van der Waals surface area contributed by atoms with Crippen molar-refractivity contribution in [1.29, 1.82) is 0 Å². The third-order valence-corrected chi connectivity index (χ3v) is 7.99. The second kappa shape index (κ2) is 18.0. The molecule has 41 heavy (non-hydrogen) atoms. The molecule has 1 N–H and O–H groups in total. The maximum Gasteiger partial charge on any atom is 0.407 e. The van der Waals surface area contributed by atoms with Crippen molar-refractivity contribution >= 4 is 18.0 Å². The largest absolute Gasteiger partial charge is 0.463 e. The van der Waals surface area contributed by atoms with Gasteiger partial charge >= 0.3 is 18.0 Å². The number of nitrogens with one attached hydrogen (secondary N) is 1. The molecule has 7 nitrogen and oxygen atoms in total. The van der Waals surface area contributed by atoms with Crippen molar-refractivity contribution in [2.24, 2.45) is 22.7 Å². The Morgan fingerprint density at radius 3 is 1.98 bits per heavy atom. The molecule has 1 amide bonds. The molecule has 0 aromatic carbocycles. The Hall–Kier alpha value is -1.79. The molecular weight excluding hydrogens is 518 g/mol. The standard InChI is InChI=1S/C34H65NO6/c1-13-15-19-27(14-2)24-33(10,11)40-28(36)20-17-16-18-21-32(8,9)41-30(38)35-22-23-39-29(37)34(12,26(3)4)25-31(5,6)7/h26-27H,13-25H2,1-12H3,(H,35,38). The second-order valence-corrected chi connectivity index (χ2v) is 14.9. The summed E-state index contributed by atoms with van der Waals surface area (Å²) < 4.78 is 16.9. The van der Waals surface area contributed by atoms with Crippen molar-refractivity contribution in [3.63, 3.8) is 0 Å². The number of carbonyl (C=O) groups excluding carboxylic acids is 3. The normalized spacial score (nSPS) is 14.8. The van der Waals surface area contributed by atoms with Crippen LogP contribution >= 0.6 is 0 Å². The van der Waals surface area contributed by atoms with Gasteiger partial charge in [-0.05, 0) is 84.0 Å². The summed E-state index contributed by atoms with van der Waals surface area (Å²) in [6.45, 7) is 24.9. The van der Waals surface area contributed by atoms with Gasteiger partial charge < -0.3 is 19.5 Å². The van der Waals surface area contributed by atoms with Crippen molar-refractivity contribution < 1.29 is 28.6 Å². The highest BCUT2D eigenvalue weighted by Gasteiger charge is 2.41. The smallest absolute Gasteiger partial charge is 0.407 e. The molecule has 0 rings (SSSR count). The predicted octanol–water partition coefficient (Wildman–Crippen LogP) is 9.01. The maximum absolute atomic E-state index is 12.8. The number of unbranched alkanes of at least 4 members (excludes halogenated alkanes) is 3. The molecule has 7 heteroatoms. The summed E-state index contributed by atoms with van der Waals surface area (Å²) >= 11 is 0. The van der Waals surface area contributed by atoms with E-state index in [1.165, 1.54) is 19.3 Å². The van der Waals surface area contributed by atoms with Gasteiger partial charge in [-0.1, -0.05) is 80.6 Å². The van der Waals surface area contributed by atoms with E-state index in [4.69, 9.17) is 14.2 Å². The molecule has 0 radical (unpaired) electrons. The average molecular weight is 584 g/mol. The van der Waals surface area contributed by atoms with Gasteiger partial charge in [-0.15, -0.1) is 0 Å². The van der Waals surface area contributed by atoms with E-state index in [0.717, 1.165) is 38.5 Å². The lowest BCUT2D eigenvalue weighted by molar-refractivity contribution is -0.160. The summed E-state index contributed by atoms with van der Waals surface area (Å²) in [6.07, 6.45) is 9.34. The number of carbonyl (C=O) groups is 3. The van der Waals surface area contributed by atoms with Crippen molar-refractivity contribution in [3.8, 4) is 0 Å². The summed E-state index contributed by atoms with van der Waals surface area (Å²) in [5.41, 5.74) is -1.66. The molecule has 2 unspecified atom stereocenters. The zero-order valence-corrected chi connectivity index (χ0v) is 28.8. The van der Waals surface area contributed by atoms with Gasteiger partial charge in [0.05, 0.1) is 12.0 Å². The summed E-state index contributed by atoms with van der Waals surface area (Å²) in [4.78, 5) is 37.6. The van der Waals surface area contributed by atoms with Crippen LogP contribution in [0.3, 0.4) is 0 Å². The molecule has 0 aliphatic heterocycles. The highest BCUT2D eigenvalue weighted by molar-refractivity contribution is 5.77. The lowest BCUT2D eigenvalue weighted by Gasteiger charge is -2.36. The van der Waals surface area contributed by atoms with Crippen LogP contribution in [0.4, 0.5) is 4.79 Å². The predicted molar refractivity (Wildman–Crippen MR) is 168 cm³/mol. The van der Waals surface area contributed by atoms with E-state index >= 15 is 0 Å². The van der Waals surface area contributed by atoms with E-state index in [9.17, 15) is 14.4 Å². The third-order valence-electron chi connectivity index (χ3n) is 7.99. The monoisotopic (exact) mass is 583 g/mol. The van der Waals surface area contributed by atoms with Crippen molar-refractivity contribution in [2.45, 2.75) is 165 Å². The minimum atomic E-state index is -0.639. The zero-order chi connectivity index (χ0) is 31.9. The fourth-order valence-electron chi connectivity index (χ4n) is 5.45. The van der Waals surface area contributed by atoms with Crippen LogP contribution in [0.15, 0.2) is 0 Å². The summed E-state index contributed by atoms with van der Waals surface area (Å²) in [5.74, 6) is 0.358. The number of hydrogen-bond acceptors (Lipinski definition) is 6. The van der Waals surface area contributed by atoms with Gasteiger partial charge in [-0.2, -0.15) is 0 Å². The SMILES string of the molecule is CCCCC(CC)CC(C)(C)OC(=O)CCCCCC(C)(C)OC(=O)NCCOC(=O)C(C)(CC(C)(C)C)C(C)C. The highest BCUT2D eigenvalue weighted by Crippen LogP contribution is 2.40.